The zero-order valence-corrected chi connectivity index (χ0v) is 7.82. The molecule has 0 aliphatic carbocycles. The molecule has 1 unspecified atom stereocenters. The van der Waals surface area contributed by atoms with Crippen molar-refractivity contribution in [1.29, 1.82) is 0 Å². The Balaban J connectivity index is 2.54. The number of carbonyl (C=O) groups excluding carboxylic acids is 1. The molecule has 0 bridgehead atoms. The summed E-state index contributed by atoms with van der Waals surface area (Å²) in [6, 6.07) is -0.0378. The van der Waals surface area contributed by atoms with Crippen molar-refractivity contribution in [2.75, 3.05) is 6.54 Å². The number of nitrogens with zero attached hydrogens (tertiary/aromatic N) is 2. The van der Waals surface area contributed by atoms with Gasteiger partial charge in [-0.05, 0) is 6.92 Å². The van der Waals surface area contributed by atoms with E-state index in [2.05, 4.69) is 10.3 Å². The van der Waals surface area contributed by atoms with Gasteiger partial charge in [-0.1, -0.05) is 0 Å². The van der Waals surface area contributed by atoms with E-state index in [-0.39, 0.29) is 11.9 Å². The van der Waals surface area contributed by atoms with Crippen LogP contribution in [0.25, 0.3) is 0 Å². The summed E-state index contributed by atoms with van der Waals surface area (Å²) in [5, 5.41) is 2.68. The molecule has 0 aliphatic heterocycles. The lowest BCUT2D eigenvalue weighted by Crippen LogP contribution is -2.36. The van der Waals surface area contributed by atoms with Crippen LogP contribution in [0.2, 0.25) is 0 Å². The highest BCUT2D eigenvalue weighted by molar-refractivity contribution is 5.90. The molecule has 0 aliphatic rings. The van der Waals surface area contributed by atoms with E-state index in [1.54, 1.807) is 24.0 Å². The largest absolute Gasteiger partial charge is 0.348 e. The number of aryl methyl sites for hydroxylation is 1. The fraction of sp³-hybridized carbons (Fsp3) is 0.500. The highest BCUT2D eigenvalue weighted by atomic mass is 16.2. The number of imidazole rings is 1. The van der Waals surface area contributed by atoms with E-state index in [4.69, 9.17) is 5.73 Å². The van der Waals surface area contributed by atoms with E-state index in [1.807, 2.05) is 6.92 Å². The van der Waals surface area contributed by atoms with Gasteiger partial charge in [0.2, 0.25) is 0 Å². The summed E-state index contributed by atoms with van der Waals surface area (Å²) >= 11 is 0. The van der Waals surface area contributed by atoms with Crippen molar-refractivity contribution in [2.24, 2.45) is 12.8 Å². The van der Waals surface area contributed by atoms with Gasteiger partial charge in [0, 0.05) is 32.0 Å². The molecule has 0 aromatic carbocycles. The molecule has 0 fully saturated rings. The molecule has 1 heterocycles. The normalized spacial score (nSPS) is 12.5. The Morgan fingerprint density at radius 1 is 1.85 bits per heavy atom. The van der Waals surface area contributed by atoms with E-state index in [0.717, 1.165) is 0 Å². The van der Waals surface area contributed by atoms with Crippen molar-refractivity contribution in [2.45, 2.75) is 13.0 Å². The summed E-state index contributed by atoms with van der Waals surface area (Å²) in [5.41, 5.74) is 5.49. The number of hydrogen-bond donors (Lipinski definition) is 2. The van der Waals surface area contributed by atoms with Crippen molar-refractivity contribution >= 4 is 5.91 Å². The maximum absolute atomic E-state index is 11.4. The maximum Gasteiger partial charge on any atom is 0.287 e. The number of carbonyl (C=O) groups is 1. The second-order valence-electron chi connectivity index (χ2n) is 3.05. The Morgan fingerprint density at radius 2 is 2.54 bits per heavy atom. The third-order valence-electron chi connectivity index (χ3n) is 1.61. The molecule has 1 amide bonds. The second-order valence-corrected chi connectivity index (χ2v) is 3.05. The standard InChI is InChI=1S/C8H14N4O/c1-6(9)5-11-8(13)7-10-3-4-12(7)2/h3-4,6H,5,9H2,1-2H3,(H,11,13). The van der Waals surface area contributed by atoms with Crippen LogP contribution in [0.4, 0.5) is 0 Å². The summed E-state index contributed by atoms with van der Waals surface area (Å²) in [7, 11) is 1.77. The number of rotatable bonds is 3. The van der Waals surface area contributed by atoms with Crippen molar-refractivity contribution < 1.29 is 4.79 Å². The topological polar surface area (TPSA) is 72.9 Å². The molecule has 0 saturated carbocycles. The van der Waals surface area contributed by atoms with Crippen LogP contribution >= 0.6 is 0 Å². The highest BCUT2D eigenvalue weighted by Crippen LogP contribution is 1.92. The number of amides is 1. The molecule has 5 nitrogen and oxygen atoms in total. The first-order valence-corrected chi connectivity index (χ1v) is 4.12. The average molecular weight is 182 g/mol. The lowest BCUT2D eigenvalue weighted by atomic mass is 10.3. The first-order valence-electron chi connectivity index (χ1n) is 4.12. The molecule has 72 valence electrons. The molecule has 1 rings (SSSR count). The molecule has 5 heteroatoms. The third kappa shape index (κ3) is 2.55. The van der Waals surface area contributed by atoms with Gasteiger partial charge in [0.25, 0.3) is 5.91 Å². The maximum atomic E-state index is 11.4. The number of hydrogen-bond acceptors (Lipinski definition) is 3. The van der Waals surface area contributed by atoms with Gasteiger partial charge in [0.05, 0.1) is 0 Å². The lowest BCUT2D eigenvalue weighted by molar-refractivity contribution is 0.0938. The third-order valence-corrected chi connectivity index (χ3v) is 1.61. The number of nitrogens with one attached hydrogen (secondary N) is 1. The molecular weight excluding hydrogens is 168 g/mol. The molecule has 1 aromatic rings. The zero-order valence-electron chi connectivity index (χ0n) is 7.82. The van der Waals surface area contributed by atoms with Crippen LogP contribution < -0.4 is 11.1 Å². The van der Waals surface area contributed by atoms with Gasteiger partial charge < -0.3 is 15.6 Å². The smallest absolute Gasteiger partial charge is 0.287 e. The Hall–Kier alpha value is -1.36. The summed E-state index contributed by atoms with van der Waals surface area (Å²) in [4.78, 5) is 15.3. The minimum atomic E-state index is -0.190. The summed E-state index contributed by atoms with van der Waals surface area (Å²) in [6.45, 7) is 2.30. The zero-order chi connectivity index (χ0) is 9.84. The van der Waals surface area contributed by atoms with Crippen LogP contribution in [0.5, 0.6) is 0 Å². The minimum absolute atomic E-state index is 0.0378. The molecule has 13 heavy (non-hydrogen) atoms. The van der Waals surface area contributed by atoms with Crippen LogP contribution in [0.15, 0.2) is 12.4 Å². The fourth-order valence-corrected chi connectivity index (χ4v) is 0.917. The Kier molecular flexibility index (Phi) is 3.02. The highest BCUT2D eigenvalue weighted by Gasteiger charge is 2.09. The van der Waals surface area contributed by atoms with Gasteiger partial charge >= 0.3 is 0 Å². The van der Waals surface area contributed by atoms with E-state index < -0.39 is 0 Å². The van der Waals surface area contributed by atoms with E-state index in [9.17, 15) is 4.79 Å². The average Bonchev–Trinajstić information content (AvgIpc) is 2.47. The Bertz CT molecular complexity index is 292. The SMILES string of the molecule is CC(N)CNC(=O)c1nccn1C. The van der Waals surface area contributed by atoms with Crippen LogP contribution in [0, 0.1) is 0 Å². The monoisotopic (exact) mass is 182 g/mol. The molecule has 3 N–H and O–H groups in total. The van der Waals surface area contributed by atoms with Crippen molar-refractivity contribution in [3.05, 3.63) is 18.2 Å². The van der Waals surface area contributed by atoms with Gasteiger partial charge in [0.1, 0.15) is 0 Å². The summed E-state index contributed by atoms with van der Waals surface area (Å²) in [5.74, 6) is 0.213. The van der Waals surface area contributed by atoms with Crippen LogP contribution in [0.1, 0.15) is 17.5 Å². The Morgan fingerprint density at radius 3 is 3.00 bits per heavy atom. The number of nitrogens with two attached hydrogens (primary N) is 1. The van der Waals surface area contributed by atoms with Crippen molar-refractivity contribution in [3.63, 3.8) is 0 Å². The van der Waals surface area contributed by atoms with E-state index in [0.29, 0.717) is 12.4 Å². The summed E-state index contributed by atoms with van der Waals surface area (Å²) in [6.07, 6.45) is 3.31. The Labute approximate surface area is 76.9 Å². The van der Waals surface area contributed by atoms with Crippen LogP contribution in [-0.2, 0) is 7.05 Å². The predicted octanol–water partition coefficient (Wildman–Crippen LogP) is -0.503. The van der Waals surface area contributed by atoms with Crippen molar-refractivity contribution in [3.8, 4) is 0 Å². The van der Waals surface area contributed by atoms with Crippen LogP contribution in [0.3, 0.4) is 0 Å². The van der Waals surface area contributed by atoms with Gasteiger partial charge in [0.15, 0.2) is 5.82 Å². The molecule has 1 aromatic heterocycles. The van der Waals surface area contributed by atoms with E-state index in [1.165, 1.54) is 0 Å². The summed E-state index contributed by atoms with van der Waals surface area (Å²) < 4.78 is 1.66. The van der Waals surface area contributed by atoms with Gasteiger partial charge in [-0.2, -0.15) is 0 Å². The molecule has 0 spiro atoms. The van der Waals surface area contributed by atoms with Gasteiger partial charge in [-0.25, -0.2) is 4.98 Å². The molecular formula is C8H14N4O. The van der Waals surface area contributed by atoms with E-state index >= 15 is 0 Å². The molecule has 0 radical (unpaired) electrons. The van der Waals surface area contributed by atoms with Crippen molar-refractivity contribution in [1.82, 2.24) is 14.9 Å². The van der Waals surface area contributed by atoms with Gasteiger partial charge in [-0.15, -0.1) is 0 Å². The lowest BCUT2D eigenvalue weighted by Gasteiger charge is -2.06. The quantitative estimate of drug-likeness (QED) is 0.661. The molecule has 0 saturated heterocycles. The first-order chi connectivity index (χ1) is 6.11. The minimum Gasteiger partial charge on any atom is -0.348 e. The first kappa shape index (κ1) is 9.73. The van der Waals surface area contributed by atoms with Gasteiger partial charge in [-0.3, -0.25) is 4.79 Å². The van der Waals surface area contributed by atoms with Crippen LogP contribution in [-0.4, -0.2) is 28.0 Å². The number of aromatic nitrogens is 2. The second kappa shape index (κ2) is 4.04. The fourth-order valence-electron chi connectivity index (χ4n) is 0.917. The molecule has 1 atom stereocenters. The predicted molar refractivity (Wildman–Crippen MR) is 49.2 cm³/mol.